The Hall–Kier alpha value is -2.63. The predicted octanol–water partition coefficient (Wildman–Crippen LogP) is 2.13. The molecule has 5 nitrogen and oxygen atoms in total. The molecule has 0 bridgehead atoms. The Labute approximate surface area is 108 Å². The number of rotatable bonds is 2. The lowest BCUT2D eigenvalue weighted by Gasteiger charge is -2.00. The molecule has 96 valence electrons. The van der Waals surface area contributed by atoms with Gasteiger partial charge in [0.15, 0.2) is 5.75 Å². The van der Waals surface area contributed by atoms with Crippen LogP contribution in [0.5, 0.6) is 5.75 Å². The summed E-state index contributed by atoms with van der Waals surface area (Å²) in [5.74, 6) is 0.701. The van der Waals surface area contributed by atoms with Crippen LogP contribution in [0, 0.1) is 5.82 Å². The predicted molar refractivity (Wildman–Crippen MR) is 69.3 cm³/mol. The van der Waals surface area contributed by atoms with Crippen LogP contribution in [0.15, 0.2) is 36.8 Å². The summed E-state index contributed by atoms with van der Waals surface area (Å²) in [6.07, 6.45) is 4.97. The fourth-order valence-corrected chi connectivity index (χ4v) is 1.84. The molecular formula is C13H11FN4O. The number of fused-ring (bicyclic) bond motifs is 1. The SMILES string of the molecule is COc1cnc2nc(-c3cc(N)ccc3F)cn2c1. The van der Waals surface area contributed by atoms with Crippen molar-refractivity contribution in [1.82, 2.24) is 14.4 Å². The Morgan fingerprint density at radius 1 is 1.32 bits per heavy atom. The van der Waals surface area contributed by atoms with E-state index < -0.39 is 0 Å². The molecule has 3 rings (SSSR count). The maximum absolute atomic E-state index is 13.8. The lowest BCUT2D eigenvalue weighted by Crippen LogP contribution is -1.90. The van der Waals surface area contributed by atoms with Crippen molar-refractivity contribution in [2.24, 2.45) is 0 Å². The number of nitrogens with zero attached hydrogens (tertiary/aromatic N) is 3. The summed E-state index contributed by atoms with van der Waals surface area (Å²) in [6.45, 7) is 0. The first-order valence-corrected chi connectivity index (χ1v) is 5.61. The molecule has 0 atom stereocenters. The smallest absolute Gasteiger partial charge is 0.234 e. The molecule has 0 saturated carbocycles. The van der Waals surface area contributed by atoms with Crippen LogP contribution in [0.4, 0.5) is 10.1 Å². The van der Waals surface area contributed by atoms with Crippen LogP contribution in [-0.2, 0) is 0 Å². The number of aromatic nitrogens is 3. The zero-order chi connectivity index (χ0) is 13.4. The first-order valence-electron chi connectivity index (χ1n) is 5.61. The normalized spacial score (nSPS) is 10.8. The Kier molecular flexibility index (Phi) is 2.56. The monoisotopic (exact) mass is 258 g/mol. The minimum Gasteiger partial charge on any atom is -0.494 e. The number of ether oxygens (including phenoxy) is 1. The van der Waals surface area contributed by atoms with Gasteiger partial charge in [0.05, 0.1) is 25.2 Å². The Morgan fingerprint density at radius 2 is 2.16 bits per heavy atom. The molecule has 0 aliphatic carbocycles. The van der Waals surface area contributed by atoms with Gasteiger partial charge in [0.25, 0.3) is 0 Å². The summed E-state index contributed by atoms with van der Waals surface area (Å²) in [5.41, 5.74) is 6.98. The Bertz CT molecular complexity index is 753. The minimum absolute atomic E-state index is 0.351. The van der Waals surface area contributed by atoms with Crippen molar-refractivity contribution in [2.75, 3.05) is 12.8 Å². The first kappa shape index (κ1) is 11.5. The van der Waals surface area contributed by atoms with E-state index in [1.54, 1.807) is 36.2 Å². The molecule has 1 aromatic carbocycles. The van der Waals surface area contributed by atoms with E-state index >= 15 is 0 Å². The number of hydrogen-bond donors (Lipinski definition) is 1. The highest BCUT2D eigenvalue weighted by Crippen LogP contribution is 2.24. The maximum atomic E-state index is 13.8. The lowest BCUT2D eigenvalue weighted by atomic mass is 10.1. The van der Waals surface area contributed by atoms with Gasteiger partial charge >= 0.3 is 0 Å². The fourth-order valence-electron chi connectivity index (χ4n) is 1.84. The van der Waals surface area contributed by atoms with Crippen LogP contribution in [0.25, 0.3) is 17.0 Å². The number of hydrogen-bond acceptors (Lipinski definition) is 4. The molecule has 0 aliphatic heterocycles. The highest BCUT2D eigenvalue weighted by atomic mass is 19.1. The second-order valence-corrected chi connectivity index (χ2v) is 4.07. The van der Waals surface area contributed by atoms with Gasteiger partial charge in [-0.2, -0.15) is 0 Å². The molecule has 0 saturated heterocycles. The number of anilines is 1. The van der Waals surface area contributed by atoms with E-state index in [0.717, 1.165) is 0 Å². The number of nitrogens with two attached hydrogens (primary N) is 1. The second-order valence-electron chi connectivity index (χ2n) is 4.07. The van der Waals surface area contributed by atoms with Crippen molar-refractivity contribution in [3.05, 3.63) is 42.6 Å². The van der Waals surface area contributed by atoms with Crippen LogP contribution in [0.3, 0.4) is 0 Å². The molecule has 6 heteroatoms. The summed E-state index contributed by atoms with van der Waals surface area (Å²) >= 11 is 0. The highest BCUT2D eigenvalue weighted by molar-refractivity contribution is 5.66. The van der Waals surface area contributed by atoms with Crippen molar-refractivity contribution in [3.63, 3.8) is 0 Å². The minimum atomic E-state index is -0.371. The fraction of sp³-hybridized carbons (Fsp3) is 0.0769. The number of imidazole rings is 1. The lowest BCUT2D eigenvalue weighted by molar-refractivity contribution is 0.410. The number of halogens is 1. The summed E-state index contributed by atoms with van der Waals surface area (Å²) in [4.78, 5) is 8.38. The highest BCUT2D eigenvalue weighted by Gasteiger charge is 2.10. The van der Waals surface area contributed by atoms with E-state index in [4.69, 9.17) is 10.5 Å². The molecule has 3 aromatic rings. The van der Waals surface area contributed by atoms with Gasteiger partial charge in [0.1, 0.15) is 5.82 Å². The third kappa shape index (κ3) is 1.97. The van der Waals surface area contributed by atoms with Gasteiger partial charge in [-0.25, -0.2) is 14.4 Å². The largest absolute Gasteiger partial charge is 0.494 e. The van der Waals surface area contributed by atoms with Gasteiger partial charge in [0.2, 0.25) is 5.78 Å². The maximum Gasteiger partial charge on any atom is 0.234 e. The average molecular weight is 258 g/mol. The number of nitrogen functional groups attached to an aromatic ring is 1. The molecule has 0 amide bonds. The molecule has 0 spiro atoms. The summed E-state index contributed by atoms with van der Waals surface area (Å²) in [6, 6.07) is 4.38. The second kappa shape index (κ2) is 4.24. The molecule has 19 heavy (non-hydrogen) atoms. The van der Waals surface area contributed by atoms with Crippen molar-refractivity contribution in [1.29, 1.82) is 0 Å². The molecule has 0 aliphatic rings. The molecule has 2 N–H and O–H groups in total. The van der Waals surface area contributed by atoms with E-state index in [9.17, 15) is 4.39 Å². The molecule has 0 unspecified atom stereocenters. The molecule has 2 aromatic heterocycles. The topological polar surface area (TPSA) is 65.4 Å². The average Bonchev–Trinajstić information content (AvgIpc) is 2.83. The van der Waals surface area contributed by atoms with Gasteiger partial charge in [-0.1, -0.05) is 0 Å². The summed E-state index contributed by atoms with van der Waals surface area (Å²) < 4.78 is 20.5. The van der Waals surface area contributed by atoms with Crippen LogP contribution in [0.2, 0.25) is 0 Å². The van der Waals surface area contributed by atoms with Crippen molar-refractivity contribution < 1.29 is 9.13 Å². The van der Waals surface area contributed by atoms with Crippen molar-refractivity contribution in [2.45, 2.75) is 0 Å². The standard InChI is InChI=1S/C13H11FN4O/c1-19-9-5-16-13-17-12(7-18(13)6-9)10-4-8(15)2-3-11(10)14/h2-7H,15H2,1H3. The molecular weight excluding hydrogens is 247 g/mol. The van der Waals surface area contributed by atoms with Crippen molar-refractivity contribution in [3.8, 4) is 17.0 Å². The van der Waals surface area contributed by atoms with Crippen LogP contribution < -0.4 is 10.5 Å². The van der Waals surface area contributed by atoms with Crippen molar-refractivity contribution >= 4 is 11.5 Å². The van der Waals surface area contributed by atoms with Gasteiger partial charge < -0.3 is 10.5 Å². The van der Waals surface area contributed by atoms with E-state index in [2.05, 4.69) is 9.97 Å². The summed E-state index contributed by atoms with van der Waals surface area (Å²) in [7, 11) is 1.55. The van der Waals surface area contributed by atoms with E-state index in [1.807, 2.05) is 0 Å². The Balaban J connectivity index is 2.17. The Morgan fingerprint density at radius 3 is 2.95 bits per heavy atom. The first-order chi connectivity index (χ1) is 9.17. The van der Waals surface area contributed by atoms with Gasteiger partial charge in [0, 0.05) is 17.4 Å². The zero-order valence-corrected chi connectivity index (χ0v) is 10.2. The van der Waals surface area contributed by atoms with Gasteiger partial charge in [-0.05, 0) is 18.2 Å². The third-order valence-corrected chi connectivity index (χ3v) is 2.79. The summed E-state index contributed by atoms with van der Waals surface area (Å²) in [5, 5.41) is 0. The van der Waals surface area contributed by atoms with Crippen LogP contribution >= 0.6 is 0 Å². The zero-order valence-electron chi connectivity index (χ0n) is 10.2. The molecule has 0 radical (unpaired) electrons. The van der Waals surface area contributed by atoms with Gasteiger partial charge in [-0.15, -0.1) is 0 Å². The molecule has 2 heterocycles. The van der Waals surface area contributed by atoms with Gasteiger partial charge in [-0.3, -0.25) is 4.40 Å². The van der Waals surface area contributed by atoms with E-state index in [1.165, 1.54) is 12.1 Å². The quantitative estimate of drug-likeness (QED) is 0.715. The van der Waals surface area contributed by atoms with E-state index in [0.29, 0.717) is 28.5 Å². The van der Waals surface area contributed by atoms with E-state index in [-0.39, 0.29) is 5.82 Å². The van der Waals surface area contributed by atoms with Crippen LogP contribution in [0.1, 0.15) is 0 Å². The number of methoxy groups -OCH3 is 1. The third-order valence-electron chi connectivity index (χ3n) is 2.79. The molecule has 0 fully saturated rings. The van der Waals surface area contributed by atoms with Crippen LogP contribution in [-0.4, -0.2) is 21.5 Å². The number of benzene rings is 1.